The van der Waals surface area contributed by atoms with Crippen molar-refractivity contribution in [3.05, 3.63) is 46.7 Å². The van der Waals surface area contributed by atoms with E-state index < -0.39 is 0 Å². The first kappa shape index (κ1) is 11.4. The maximum Gasteiger partial charge on any atom is 0.173 e. The zero-order valence-electron chi connectivity index (χ0n) is 6.52. The Morgan fingerprint density at radius 2 is 1.75 bits per heavy atom. The fourth-order valence-corrected chi connectivity index (χ4v) is 1.31. The van der Waals surface area contributed by atoms with Crippen molar-refractivity contribution in [1.82, 2.24) is 0 Å². The number of hydrogen-bond donors (Lipinski definition) is 1. The molecule has 0 aliphatic rings. The lowest BCUT2D eigenvalue weighted by molar-refractivity contribution is -0.00000314. The Kier molecular flexibility index (Phi) is 6.76. The van der Waals surface area contributed by atoms with Crippen molar-refractivity contribution < 1.29 is 17.5 Å². The Morgan fingerprint density at radius 3 is 2.50 bits per heavy atom. The summed E-state index contributed by atoms with van der Waals surface area (Å²) >= 11 is 1.07. The SMILES string of the molecule is OCc1ccccccc[sH+]1.[Cl-]. The molecular weight excluding hydrogens is 192 g/mol. The van der Waals surface area contributed by atoms with Crippen LogP contribution in [-0.4, -0.2) is 5.11 Å². The predicted molar refractivity (Wildman–Crippen MR) is 49.3 cm³/mol. The van der Waals surface area contributed by atoms with Gasteiger partial charge in [0, 0.05) is 0 Å². The fourth-order valence-electron chi connectivity index (χ4n) is 0.684. The summed E-state index contributed by atoms with van der Waals surface area (Å²) in [4.78, 5) is 1.02. The van der Waals surface area contributed by atoms with E-state index in [-0.39, 0.29) is 19.0 Å². The second kappa shape index (κ2) is 7.10. The third-order valence-corrected chi connectivity index (χ3v) is 2.16. The van der Waals surface area contributed by atoms with Crippen molar-refractivity contribution >= 4 is 11.3 Å². The third kappa shape index (κ3) is 4.34. The Balaban J connectivity index is 0.00000121. The molecule has 1 heterocycles. The van der Waals surface area contributed by atoms with Gasteiger partial charge in [-0.2, -0.15) is 0 Å². The first-order valence-electron chi connectivity index (χ1n) is 3.44. The molecule has 0 atom stereocenters. The summed E-state index contributed by atoms with van der Waals surface area (Å²) in [7, 11) is 0. The second-order valence-electron chi connectivity index (χ2n) is 2.06. The van der Waals surface area contributed by atoms with Gasteiger partial charge in [0.1, 0.15) is 12.0 Å². The van der Waals surface area contributed by atoms with E-state index in [0.29, 0.717) is 0 Å². The van der Waals surface area contributed by atoms with Crippen LogP contribution in [0.5, 0.6) is 0 Å². The molecule has 0 saturated carbocycles. The lowest BCUT2D eigenvalue weighted by Gasteiger charge is -1.76. The Bertz CT molecular complexity index is 234. The van der Waals surface area contributed by atoms with Crippen LogP contribution in [0.25, 0.3) is 0 Å². The largest absolute Gasteiger partial charge is 1.00 e. The van der Waals surface area contributed by atoms with E-state index in [4.69, 9.17) is 5.11 Å². The molecule has 3 heteroatoms. The van der Waals surface area contributed by atoms with Crippen LogP contribution in [0.3, 0.4) is 0 Å². The minimum Gasteiger partial charge on any atom is -1.00 e. The first-order chi connectivity index (χ1) is 5.43. The highest BCUT2D eigenvalue weighted by Gasteiger charge is 1.89. The van der Waals surface area contributed by atoms with Gasteiger partial charge in [-0.3, -0.25) is 0 Å². The number of halogens is 1. The minimum atomic E-state index is 0. The van der Waals surface area contributed by atoms with E-state index in [2.05, 4.69) is 0 Å². The van der Waals surface area contributed by atoms with Gasteiger partial charge >= 0.3 is 0 Å². The molecule has 0 aliphatic heterocycles. The maximum atomic E-state index is 8.84. The molecule has 0 amide bonds. The molecule has 0 saturated heterocycles. The molecule has 0 aliphatic carbocycles. The number of rotatable bonds is 1. The monoisotopic (exact) mass is 202 g/mol. The molecule has 0 bridgehead atoms. The standard InChI is InChI=1S/C9H10OS.ClH/c10-8-9-6-4-2-1-3-5-7-11-9;/h1-7,10H,8H2;1H. The van der Waals surface area contributed by atoms with Gasteiger partial charge in [0.05, 0.1) is 0 Å². The highest BCUT2D eigenvalue weighted by Crippen LogP contribution is 2.02. The third-order valence-electron chi connectivity index (χ3n) is 1.22. The zero-order valence-corrected chi connectivity index (χ0v) is 8.17. The van der Waals surface area contributed by atoms with Gasteiger partial charge in [-0.1, -0.05) is 24.3 Å². The summed E-state index contributed by atoms with van der Waals surface area (Å²) in [6.45, 7) is 0.135. The summed E-state index contributed by atoms with van der Waals surface area (Å²) in [6, 6.07) is 11.7. The summed E-state index contributed by atoms with van der Waals surface area (Å²) in [5.41, 5.74) is 0. The Labute approximate surface area is 82.4 Å². The molecule has 12 heavy (non-hydrogen) atoms. The van der Waals surface area contributed by atoms with Gasteiger partial charge in [-0.25, -0.2) is 0 Å². The van der Waals surface area contributed by atoms with E-state index >= 15 is 0 Å². The maximum absolute atomic E-state index is 8.84. The normalized spacial score (nSPS) is 8.08. The van der Waals surface area contributed by atoms with Crippen molar-refractivity contribution in [2.45, 2.75) is 6.61 Å². The lowest BCUT2D eigenvalue weighted by atomic mass is 10.4. The summed E-state index contributed by atoms with van der Waals surface area (Å²) in [5, 5.41) is 10.8. The van der Waals surface area contributed by atoms with Crippen LogP contribution in [0.15, 0.2) is 41.8 Å². The number of hydrogen-bond acceptors (Lipinski definition) is 1. The quantitative estimate of drug-likeness (QED) is 0.586. The molecule has 0 unspecified atom stereocenters. The average Bonchev–Trinajstić information content (AvgIpc) is 2.16. The van der Waals surface area contributed by atoms with E-state index in [0.717, 1.165) is 16.2 Å². The summed E-state index contributed by atoms with van der Waals surface area (Å²) in [5.74, 6) is 0. The van der Waals surface area contributed by atoms with E-state index in [1.54, 1.807) is 0 Å². The van der Waals surface area contributed by atoms with Gasteiger partial charge in [-0.15, -0.1) is 0 Å². The lowest BCUT2D eigenvalue weighted by Crippen LogP contribution is -3.00. The van der Waals surface area contributed by atoms with Gasteiger partial charge in [0.15, 0.2) is 4.88 Å². The van der Waals surface area contributed by atoms with Crippen LogP contribution in [0.2, 0.25) is 0 Å². The Morgan fingerprint density at radius 1 is 1.08 bits per heavy atom. The van der Waals surface area contributed by atoms with Crippen molar-refractivity contribution in [2.24, 2.45) is 0 Å². The van der Waals surface area contributed by atoms with Crippen LogP contribution in [0.1, 0.15) is 4.88 Å². The molecule has 0 aromatic carbocycles. The molecule has 1 N–H and O–H groups in total. The molecule has 0 fully saturated rings. The van der Waals surface area contributed by atoms with E-state index in [1.165, 1.54) is 0 Å². The van der Waals surface area contributed by atoms with Crippen LogP contribution in [-0.2, 0) is 6.61 Å². The predicted octanol–water partition coefficient (Wildman–Crippen LogP) is -0.899. The molecule has 1 aromatic heterocycles. The highest BCUT2D eigenvalue weighted by atomic mass is 35.5. The van der Waals surface area contributed by atoms with Gasteiger partial charge in [0.2, 0.25) is 0 Å². The van der Waals surface area contributed by atoms with Gasteiger partial charge in [0.25, 0.3) is 0 Å². The minimum absolute atomic E-state index is 0. The van der Waals surface area contributed by atoms with Gasteiger partial charge in [-0.05, 0) is 23.5 Å². The molecule has 1 nitrogen and oxygen atoms in total. The summed E-state index contributed by atoms with van der Waals surface area (Å²) < 4.78 is 0. The average molecular weight is 203 g/mol. The van der Waals surface area contributed by atoms with Crippen LogP contribution in [0.4, 0.5) is 0 Å². The topological polar surface area (TPSA) is 20.2 Å². The molecule has 1 rings (SSSR count). The van der Waals surface area contributed by atoms with Crippen molar-refractivity contribution in [3.8, 4) is 0 Å². The smallest absolute Gasteiger partial charge is 0.173 e. The number of aliphatic hydroxyl groups excluding tert-OH is 1. The van der Waals surface area contributed by atoms with Crippen molar-refractivity contribution in [3.63, 3.8) is 0 Å². The molecule has 1 aromatic rings. The Hall–Kier alpha value is -0.570. The molecule has 66 valence electrons. The van der Waals surface area contributed by atoms with E-state index in [9.17, 15) is 0 Å². The summed E-state index contributed by atoms with van der Waals surface area (Å²) in [6.07, 6.45) is 0. The van der Waals surface area contributed by atoms with Gasteiger partial charge < -0.3 is 17.5 Å². The van der Waals surface area contributed by atoms with Crippen molar-refractivity contribution in [2.75, 3.05) is 0 Å². The molecule has 0 radical (unpaired) electrons. The van der Waals surface area contributed by atoms with Crippen molar-refractivity contribution in [1.29, 1.82) is 0 Å². The van der Waals surface area contributed by atoms with Crippen LogP contribution >= 0.6 is 11.3 Å². The van der Waals surface area contributed by atoms with Crippen LogP contribution in [0, 0.1) is 0 Å². The highest BCUT2D eigenvalue weighted by molar-refractivity contribution is 7.09. The zero-order chi connectivity index (χ0) is 7.94. The first-order valence-corrected chi connectivity index (χ1v) is 4.40. The second-order valence-corrected chi connectivity index (χ2v) is 3.19. The number of aliphatic hydroxyl groups is 1. The van der Waals surface area contributed by atoms with E-state index in [1.807, 2.05) is 41.8 Å². The molecule has 0 spiro atoms. The van der Waals surface area contributed by atoms with Crippen LogP contribution < -0.4 is 12.4 Å². The molecular formula is C9H11ClOS. The fraction of sp³-hybridized carbons (Fsp3) is 0.111.